The Bertz CT molecular complexity index is 303. The Labute approximate surface area is 95.9 Å². The van der Waals surface area contributed by atoms with Crippen molar-refractivity contribution >= 4 is 11.8 Å². The Balaban J connectivity index is 2.17. The zero-order valence-corrected chi connectivity index (χ0v) is 9.94. The van der Waals surface area contributed by atoms with Crippen LogP contribution in [-0.4, -0.2) is 41.9 Å². The van der Waals surface area contributed by atoms with Crippen LogP contribution in [0.3, 0.4) is 0 Å². The Morgan fingerprint density at radius 2 is 2.25 bits per heavy atom. The van der Waals surface area contributed by atoms with E-state index in [-0.39, 0.29) is 17.7 Å². The smallest absolute Gasteiger partial charge is 0.331 e. The number of hydrogen-bond acceptors (Lipinski definition) is 4. The summed E-state index contributed by atoms with van der Waals surface area (Å²) in [7, 11) is 0. The summed E-state index contributed by atoms with van der Waals surface area (Å²) in [6.07, 6.45) is 2.83. The first kappa shape index (κ1) is 11.6. The van der Waals surface area contributed by atoms with Crippen LogP contribution in [0, 0.1) is 5.92 Å². The molecule has 3 saturated heterocycles. The SMILES string of the molecule is CCOC(=O)C1C(=O)C2CCN1C(CC)C2. The highest BCUT2D eigenvalue weighted by molar-refractivity contribution is 6.05. The minimum atomic E-state index is -0.614. The number of ether oxygens (including phenoxy) is 1. The van der Waals surface area contributed by atoms with E-state index in [1.807, 2.05) is 4.90 Å². The van der Waals surface area contributed by atoms with Crippen LogP contribution in [-0.2, 0) is 14.3 Å². The van der Waals surface area contributed by atoms with Crippen LogP contribution in [0.5, 0.6) is 0 Å². The normalized spacial score (nSPS) is 37.5. The zero-order chi connectivity index (χ0) is 11.7. The molecular weight excluding hydrogens is 206 g/mol. The van der Waals surface area contributed by atoms with Gasteiger partial charge in [-0.1, -0.05) is 6.92 Å². The van der Waals surface area contributed by atoms with Crippen molar-refractivity contribution in [2.75, 3.05) is 13.2 Å². The van der Waals surface area contributed by atoms with E-state index in [0.29, 0.717) is 12.6 Å². The highest BCUT2D eigenvalue weighted by atomic mass is 16.5. The predicted molar refractivity (Wildman–Crippen MR) is 58.9 cm³/mol. The van der Waals surface area contributed by atoms with Crippen LogP contribution in [0.1, 0.15) is 33.1 Å². The Hall–Kier alpha value is -0.900. The molecule has 0 aliphatic carbocycles. The number of carbonyl (C=O) groups is 2. The number of ketones is 1. The molecule has 3 aliphatic rings. The van der Waals surface area contributed by atoms with Gasteiger partial charge in [0, 0.05) is 18.5 Å². The monoisotopic (exact) mass is 225 g/mol. The van der Waals surface area contributed by atoms with Crippen molar-refractivity contribution < 1.29 is 14.3 Å². The summed E-state index contributed by atoms with van der Waals surface area (Å²) in [5.41, 5.74) is 0. The van der Waals surface area contributed by atoms with Gasteiger partial charge in [0.15, 0.2) is 11.8 Å². The molecule has 0 radical (unpaired) electrons. The van der Waals surface area contributed by atoms with Crippen molar-refractivity contribution in [2.24, 2.45) is 5.92 Å². The Kier molecular flexibility index (Phi) is 3.28. The van der Waals surface area contributed by atoms with Crippen LogP contribution in [0.2, 0.25) is 0 Å². The predicted octanol–water partition coefficient (Wildman–Crippen LogP) is 0.991. The molecule has 4 nitrogen and oxygen atoms in total. The number of hydrogen-bond donors (Lipinski definition) is 0. The van der Waals surface area contributed by atoms with Crippen LogP contribution < -0.4 is 0 Å². The average molecular weight is 225 g/mol. The standard InChI is InChI=1S/C12H19NO3/c1-3-9-7-8-5-6-13(9)10(11(8)14)12(15)16-4-2/h8-10H,3-7H2,1-2H3. The first-order valence-corrected chi connectivity index (χ1v) is 6.15. The van der Waals surface area contributed by atoms with Crippen LogP contribution in [0.15, 0.2) is 0 Å². The minimum absolute atomic E-state index is 0.0781. The van der Waals surface area contributed by atoms with Crippen LogP contribution in [0.4, 0.5) is 0 Å². The third kappa shape index (κ3) is 1.75. The first-order valence-electron chi connectivity index (χ1n) is 6.15. The molecule has 3 rings (SSSR count). The van der Waals surface area contributed by atoms with Gasteiger partial charge >= 0.3 is 5.97 Å². The molecule has 90 valence electrons. The molecule has 0 N–H and O–H groups in total. The number of esters is 1. The highest BCUT2D eigenvalue weighted by Gasteiger charge is 2.49. The topological polar surface area (TPSA) is 46.6 Å². The minimum Gasteiger partial charge on any atom is -0.464 e. The number of carbonyl (C=O) groups excluding carboxylic acids is 2. The lowest BCUT2D eigenvalue weighted by molar-refractivity contribution is -0.163. The fraction of sp³-hybridized carbons (Fsp3) is 0.833. The first-order chi connectivity index (χ1) is 7.69. The van der Waals surface area contributed by atoms with Gasteiger partial charge in [-0.15, -0.1) is 0 Å². The zero-order valence-electron chi connectivity index (χ0n) is 9.94. The molecular formula is C12H19NO3. The van der Waals surface area contributed by atoms with Gasteiger partial charge in [0.1, 0.15) is 0 Å². The van der Waals surface area contributed by atoms with Gasteiger partial charge in [0.2, 0.25) is 0 Å². The lowest BCUT2D eigenvalue weighted by Gasteiger charge is -2.47. The second-order valence-electron chi connectivity index (χ2n) is 4.58. The van der Waals surface area contributed by atoms with E-state index >= 15 is 0 Å². The Morgan fingerprint density at radius 1 is 1.50 bits per heavy atom. The Morgan fingerprint density at radius 3 is 2.88 bits per heavy atom. The summed E-state index contributed by atoms with van der Waals surface area (Å²) in [4.78, 5) is 25.8. The number of fused-ring (bicyclic) bond motifs is 3. The summed E-state index contributed by atoms with van der Waals surface area (Å²) < 4.78 is 5.00. The molecule has 2 bridgehead atoms. The number of nitrogens with zero attached hydrogens (tertiary/aromatic N) is 1. The summed E-state index contributed by atoms with van der Waals surface area (Å²) in [6, 6.07) is -0.233. The fourth-order valence-corrected chi connectivity index (χ4v) is 2.93. The van der Waals surface area contributed by atoms with Crippen molar-refractivity contribution in [2.45, 2.75) is 45.2 Å². The molecule has 3 aliphatic heterocycles. The van der Waals surface area contributed by atoms with Gasteiger partial charge < -0.3 is 4.74 Å². The van der Waals surface area contributed by atoms with Crippen molar-refractivity contribution in [1.82, 2.24) is 4.90 Å². The lowest BCUT2D eigenvalue weighted by atomic mass is 9.77. The largest absolute Gasteiger partial charge is 0.464 e. The van der Waals surface area contributed by atoms with Gasteiger partial charge in [-0.25, -0.2) is 4.79 Å². The molecule has 0 aromatic heterocycles. The molecule has 4 unspecified atom stereocenters. The quantitative estimate of drug-likeness (QED) is 0.531. The molecule has 4 heteroatoms. The van der Waals surface area contributed by atoms with Gasteiger partial charge in [-0.2, -0.15) is 0 Å². The van der Waals surface area contributed by atoms with E-state index in [1.165, 1.54) is 0 Å². The fourth-order valence-electron chi connectivity index (χ4n) is 2.93. The molecule has 0 aromatic carbocycles. The number of rotatable bonds is 3. The molecule has 3 heterocycles. The van der Waals surface area contributed by atoms with Crippen molar-refractivity contribution in [3.63, 3.8) is 0 Å². The third-order valence-corrected chi connectivity index (χ3v) is 3.75. The summed E-state index contributed by atoms with van der Waals surface area (Å²) in [6.45, 7) is 5.09. The van der Waals surface area contributed by atoms with Gasteiger partial charge in [-0.05, 0) is 26.2 Å². The van der Waals surface area contributed by atoms with E-state index in [1.54, 1.807) is 6.92 Å². The summed E-state index contributed by atoms with van der Waals surface area (Å²) >= 11 is 0. The maximum Gasteiger partial charge on any atom is 0.331 e. The number of piperidine rings is 3. The van der Waals surface area contributed by atoms with E-state index in [2.05, 4.69) is 6.92 Å². The van der Waals surface area contributed by atoms with E-state index in [0.717, 1.165) is 25.8 Å². The highest BCUT2D eigenvalue weighted by Crippen LogP contribution is 2.35. The van der Waals surface area contributed by atoms with E-state index in [4.69, 9.17) is 4.74 Å². The van der Waals surface area contributed by atoms with E-state index < -0.39 is 6.04 Å². The molecule has 0 amide bonds. The third-order valence-electron chi connectivity index (χ3n) is 3.75. The van der Waals surface area contributed by atoms with E-state index in [9.17, 15) is 9.59 Å². The van der Waals surface area contributed by atoms with Crippen molar-refractivity contribution in [3.05, 3.63) is 0 Å². The molecule has 3 fully saturated rings. The molecule has 0 saturated carbocycles. The van der Waals surface area contributed by atoms with Gasteiger partial charge in [-0.3, -0.25) is 9.69 Å². The maximum atomic E-state index is 12.0. The van der Waals surface area contributed by atoms with Crippen molar-refractivity contribution in [3.8, 4) is 0 Å². The molecule has 4 atom stereocenters. The second-order valence-corrected chi connectivity index (χ2v) is 4.58. The van der Waals surface area contributed by atoms with Gasteiger partial charge in [0.25, 0.3) is 0 Å². The molecule has 0 aromatic rings. The van der Waals surface area contributed by atoms with Crippen LogP contribution >= 0.6 is 0 Å². The second kappa shape index (κ2) is 4.53. The summed E-state index contributed by atoms with van der Waals surface area (Å²) in [5.74, 6) is -0.186. The molecule has 16 heavy (non-hydrogen) atoms. The number of Topliss-reactive ketones (excluding diaryl/α,β-unsaturated/α-hetero) is 1. The van der Waals surface area contributed by atoms with Crippen molar-refractivity contribution in [1.29, 1.82) is 0 Å². The molecule has 0 spiro atoms. The van der Waals surface area contributed by atoms with Gasteiger partial charge in [0.05, 0.1) is 6.61 Å². The summed E-state index contributed by atoms with van der Waals surface area (Å²) in [5, 5.41) is 0. The lowest BCUT2D eigenvalue weighted by Crippen LogP contribution is -2.63. The van der Waals surface area contributed by atoms with Crippen LogP contribution in [0.25, 0.3) is 0 Å². The average Bonchev–Trinajstić information content (AvgIpc) is 2.30. The maximum absolute atomic E-state index is 12.0.